The molecule has 0 bridgehead atoms. The van der Waals surface area contributed by atoms with Crippen molar-refractivity contribution < 1.29 is 14.0 Å². The molecule has 1 heterocycles. The molecule has 6 nitrogen and oxygen atoms in total. The predicted molar refractivity (Wildman–Crippen MR) is 82.1 cm³/mol. The highest BCUT2D eigenvalue weighted by Gasteiger charge is 2.17. The van der Waals surface area contributed by atoms with E-state index in [0.717, 1.165) is 11.3 Å². The second-order valence-corrected chi connectivity index (χ2v) is 4.69. The first kappa shape index (κ1) is 15.8. The molecule has 1 atom stereocenters. The van der Waals surface area contributed by atoms with E-state index in [2.05, 4.69) is 16.0 Å². The number of amides is 2. The Morgan fingerprint density at radius 1 is 1.05 bits per heavy atom. The second-order valence-electron chi connectivity index (χ2n) is 4.69. The molecule has 0 aliphatic rings. The molecule has 22 heavy (non-hydrogen) atoms. The molecule has 0 aliphatic heterocycles. The molecule has 0 aliphatic carbocycles. The van der Waals surface area contributed by atoms with Crippen LogP contribution in [0.1, 0.15) is 17.4 Å². The van der Waals surface area contributed by atoms with Gasteiger partial charge in [0.2, 0.25) is 11.8 Å². The van der Waals surface area contributed by atoms with Crippen LogP contribution in [-0.2, 0) is 9.59 Å². The third-order valence-electron chi connectivity index (χ3n) is 3.15. The van der Waals surface area contributed by atoms with E-state index in [1.54, 1.807) is 12.3 Å². The number of hydrogen-bond acceptors (Lipinski definition) is 4. The van der Waals surface area contributed by atoms with Gasteiger partial charge in [-0.05, 0) is 17.7 Å². The highest BCUT2D eigenvalue weighted by Crippen LogP contribution is 2.21. The first-order valence-corrected chi connectivity index (χ1v) is 6.99. The van der Waals surface area contributed by atoms with Crippen LogP contribution in [0.2, 0.25) is 0 Å². The Bertz CT molecular complexity index is 596. The number of hydrogen-bond donors (Lipinski definition) is 3. The maximum Gasteiger partial charge on any atom is 0.239 e. The molecule has 3 N–H and O–H groups in total. The fourth-order valence-corrected chi connectivity index (χ4v) is 2.01. The van der Waals surface area contributed by atoms with E-state index in [9.17, 15) is 9.59 Å². The van der Waals surface area contributed by atoms with Gasteiger partial charge in [0.25, 0.3) is 0 Å². The molecule has 2 aromatic rings. The van der Waals surface area contributed by atoms with E-state index in [1.807, 2.05) is 36.4 Å². The summed E-state index contributed by atoms with van der Waals surface area (Å²) in [6.45, 7) is 0.0467. The molecule has 116 valence electrons. The van der Waals surface area contributed by atoms with Crippen molar-refractivity contribution in [1.82, 2.24) is 16.0 Å². The van der Waals surface area contributed by atoms with Gasteiger partial charge < -0.3 is 15.1 Å². The number of likely N-dealkylation sites (N-methyl/N-ethyl adjacent to an activating group) is 1. The molecule has 0 radical (unpaired) electrons. The molecule has 1 aromatic heterocycles. The van der Waals surface area contributed by atoms with E-state index >= 15 is 0 Å². The van der Waals surface area contributed by atoms with Crippen LogP contribution in [0.25, 0.3) is 0 Å². The maximum atomic E-state index is 11.8. The van der Waals surface area contributed by atoms with Crippen molar-refractivity contribution in [2.24, 2.45) is 0 Å². The zero-order valence-electron chi connectivity index (χ0n) is 12.3. The van der Waals surface area contributed by atoms with Gasteiger partial charge >= 0.3 is 0 Å². The lowest BCUT2D eigenvalue weighted by Crippen LogP contribution is -2.40. The minimum absolute atomic E-state index is 0.0340. The van der Waals surface area contributed by atoms with Gasteiger partial charge in [-0.25, -0.2) is 0 Å². The van der Waals surface area contributed by atoms with Crippen LogP contribution < -0.4 is 16.0 Å². The first-order chi connectivity index (χ1) is 10.7. The van der Waals surface area contributed by atoms with Crippen molar-refractivity contribution in [2.45, 2.75) is 6.04 Å². The third-order valence-corrected chi connectivity index (χ3v) is 3.15. The predicted octanol–water partition coefficient (Wildman–Crippen LogP) is 0.821. The molecule has 1 aromatic carbocycles. The minimum atomic E-state index is -0.254. The van der Waals surface area contributed by atoms with Crippen LogP contribution in [0.15, 0.2) is 53.1 Å². The van der Waals surface area contributed by atoms with Crippen molar-refractivity contribution in [3.8, 4) is 0 Å². The van der Waals surface area contributed by atoms with E-state index in [-0.39, 0.29) is 30.9 Å². The molecule has 6 heteroatoms. The maximum absolute atomic E-state index is 11.8. The van der Waals surface area contributed by atoms with Crippen molar-refractivity contribution in [3.05, 3.63) is 60.1 Å². The molecule has 0 unspecified atom stereocenters. The summed E-state index contributed by atoms with van der Waals surface area (Å²) in [6, 6.07) is 13.1. The summed E-state index contributed by atoms with van der Waals surface area (Å²) in [5.41, 5.74) is 0.997. The smallest absolute Gasteiger partial charge is 0.239 e. The fraction of sp³-hybridized carbons (Fsp3) is 0.250. The van der Waals surface area contributed by atoms with Gasteiger partial charge in [-0.15, -0.1) is 0 Å². The number of carbonyl (C=O) groups excluding carboxylic acids is 2. The summed E-state index contributed by atoms with van der Waals surface area (Å²) in [5.74, 6) is 0.236. The highest BCUT2D eigenvalue weighted by molar-refractivity contribution is 5.85. The monoisotopic (exact) mass is 301 g/mol. The lowest BCUT2D eigenvalue weighted by atomic mass is 10.0. The lowest BCUT2D eigenvalue weighted by Gasteiger charge is -2.17. The number of furan rings is 1. The van der Waals surface area contributed by atoms with Gasteiger partial charge in [0.1, 0.15) is 5.76 Å². The van der Waals surface area contributed by atoms with Crippen LogP contribution in [0, 0.1) is 0 Å². The second kappa shape index (κ2) is 7.99. The molecular weight excluding hydrogens is 282 g/mol. The molecule has 0 saturated carbocycles. The van der Waals surface area contributed by atoms with Gasteiger partial charge in [0, 0.05) is 7.05 Å². The van der Waals surface area contributed by atoms with Gasteiger partial charge in [-0.1, -0.05) is 30.3 Å². The molecule has 2 rings (SSSR count). The SMILES string of the molecule is CNC(=O)CNC(=O)CN[C@H](c1ccccc1)c1ccco1. The van der Waals surface area contributed by atoms with E-state index in [4.69, 9.17) is 4.42 Å². The molecule has 0 saturated heterocycles. The Hall–Kier alpha value is -2.60. The van der Waals surface area contributed by atoms with Crippen LogP contribution in [0.3, 0.4) is 0 Å². The van der Waals surface area contributed by atoms with Gasteiger partial charge in [-0.3, -0.25) is 14.9 Å². The summed E-state index contributed by atoms with van der Waals surface area (Å²) >= 11 is 0. The number of benzene rings is 1. The Morgan fingerprint density at radius 3 is 2.45 bits per heavy atom. The van der Waals surface area contributed by atoms with Gasteiger partial charge in [-0.2, -0.15) is 0 Å². The van der Waals surface area contributed by atoms with E-state index in [1.165, 1.54) is 7.05 Å². The molecular formula is C16H19N3O3. The van der Waals surface area contributed by atoms with E-state index < -0.39 is 0 Å². The lowest BCUT2D eigenvalue weighted by molar-refractivity contribution is -0.125. The summed E-state index contributed by atoms with van der Waals surface area (Å²) in [7, 11) is 1.52. The molecule has 2 amide bonds. The van der Waals surface area contributed by atoms with Gasteiger partial charge in [0.05, 0.1) is 25.4 Å². The average Bonchev–Trinajstić information content (AvgIpc) is 3.08. The van der Waals surface area contributed by atoms with Crippen LogP contribution in [-0.4, -0.2) is 32.0 Å². The minimum Gasteiger partial charge on any atom is -0.467 e. The van der Waals surface area contributed by atoms with Crippen molar-refractivity contribution in [1.29, 1.82) is 0 Å². The topological polar surface area (TPSA) is 83.4 Å². The Kier molecular flexibility index (Phi) is 5.73. The standard InChI is InChI=1S/C16H19N3O3/c1-17-14(20)10-18-15(21)11-19-16(13-8-5-9-22-13)12-6-3-2-4-7-12/h2-9,16,19H,10-11H2,1H3,(H,17,20)(H,18,21)/t16-/m1/s1. The third kappa shape index (κ3) is 4.46. The summed E-state index contributed by atoms with van der Waals surface area (Å²) in [5, 5.41) is 8.13. The summed E-state index contributed by atoms with van der Waals surface area (Å²) < 4.78 is 5.44. The first-order valence-electron chi connectivity index (χ1n) is 6.99. The van der Waals surface area contributed by atoms with Crippen LogP contribution in [0.4, 0.5) is 0 Å². The van der Waals surface area contributed by atoms with Crippen molar-refractivity contribution in [3.63, 3.8) is 0 Å². The van der Waals surface area contributed by atoms with Crippen molar-refractivity contribution in [2.75, 3.05) is 20.1 Å². The van der Waals surface area contributed by atoms with E-state index in [0.29, 0.717) is 0 Å². The van der Waals surface area contributed by atoms with Crippen LogP contribution in [0.5, 0.6) is 0 Å². The molecule has 0 fully saturated rings. The normalized spacial score (nSPS) is 11.7. The van der Waals surface area contributed by atoms with Gasteiger partial charge in [0.15, 0.2) is 0 Å². The summed E-state index contributed by atoms with van der Waals surface area (Å²) in [6.07, 6.45) is 1.60. The number of rotatable bonds is 7. The fourth-order valence-electron chi connectivity index (χ4n) is 2.01. The molecule has 0 spiro atoms. The highest BCUT2D eigenvalue weighted by atomic mass is 16.3. The zero-order valence-corrected chi connectivity index (χ0v) is 12.3. The number of nitrogens with one attached hydrogen (secondary N) is 3. The largest absolute Gasteiger partial charge is 0.467 e. The van der Waals surface area contributed by atoms with Crippen LogP contribution >= 0.6 is 0 Å². The Balaban J connectivity index is 1.97. The average molecular weight is 301 g/mol. The Morgan fingerprint density at radius 2 is 1.82 bits per heavy atom. The number of carbonyl (C=O) groups is 2. The zero-order chi connectivity index (χ0) is 15.8. The Labute approximate surface area is 128 Å². The quantitative estimate of drug-likeness (QED) is 0.707. The van der Waals surface area contributed by atoms with Crippen molar-refractivity contribution >= 4 is 11.8 Å². The summed E-state index contributed by atoms with van der Waals surface area (Å²) in [4.78, 5) is 22.9.